The zero-order valence-corrected chi connectivity index (χ0v) is 14.6. The number of nitrogens with one attached hydrogen (secondary N) is 1. The summed E-state index contributed by atoms with van der Waals surface area (Å²) < 4.78 is 0. The average molecular weight is 356 g/mol. The molecule has 4 atom stereocenters. The van der Waals surface area contributed by atoms with Crippen LogP contribution in [0.5, 0.6) is 0 Å². The molecule has 6 heteroatoms. The Hall–Kier alpha value is -2.13. The van der Waals surface area contributed by atoms with Gasteiger partial charge in [0.05, 0.1) is 17.4 Å². The second-order valence-electron chi connectivity index (χ2n) is 7.21. The minimum Gasteiger partial charge on any atom is -0.481 e. The summed E-state index contributed by atoms with van der Waals surface area (Å²) in [6.45, 7) is 0. The third-order valence-corrected chi connectivity index (χ3v) is 7.02. The van der Waals surface area contributed by atoms with Gasteiger partial charge in [0.2, 0.25) is 5.91 Å². The van der Waals surface area contributed by atoms with Crippen LogP contribution < -0.4 is 5.32 Å². The molecule has 1 heterocycles. The van der Waals surface area contributed by atoms with E-state index in [-0.39, 0.29) is 17.7 Å². The number of hydrogen-bond acceptors (Lipinski definition) is 4. The first-order valence-corrected chi connectivity index (χ1v) is 9.68. The van der Waals surface area contributed by atoms with E-state index in [0.29, 0.717) is 10.6 Å². The van der Waals surface area contributed by atoms with Gasteiger partial charge in [0.15, 0.2) is 0 Å². The molecule has 0 unspecified atom stereocenters. The number of amides is 1. The van der Waals surface area contributed by atoms with Gasteiger partial charge in [0, 0.05) is 4.88 Å². The number of rotatable bonds is 3. The Balaban J connectivity index is 1.60. The number of aliphatic carboxylic acids is 1. The summed E-state index contributed by atoms with van der Waals surface area (Å²) in [7, 11) is 0. The van der Waals surface area contributed by atoms with Crippen LogP contribution in [0.2, 0.25) is 0 Å². The fourth-order valence-corrected chi connectivity index (χ4v) is 5.90. The normalized spacial score (nSPS) is 29.7. The molecule has 0 aromatic carbocycles. The molecule has 1 amide bonds. The molecule has 130 valence electrons. The Morgan fingerprint density at radius 3 is 2.60 bits per heavy atom. The summed E-state index contributed by atoms with van der Waals surface area (Å²) in [6, 6.07) is 2.26. The van der Waals surface area contributed by atoms with Crippen molar-refractivity contribution in [2.75, 3.05) is 5.32 Å². The molecular weight excluding hydrogens is 336 g/mol. The Morgan fingerprint density at radius 2 is 1.88 bits per heavy atom. The van der Waals surface area contributed by atoms with Crippen LogP contribution in [0.4, 0.5) is 5.00 Å². The number of carbonyl (C=O) groups excluding carboxylic acids is 1. The van der Waals surface area contributed by atoms with Crippen molar-refractivity contribution in [1.82, 2.24) is 0 Å². The SMILES string of the molecule is N#Cc1c(NC(=O)[C@@H]2[C@@H](C(=O)O)[C@H]3C=C[C@H]2C3)sc2c1CCCCC2. The zero-order valence-electron chi connectivity index (χ0n) is 13.8. The van der Waals surface area contributed by atoms with Crippen molar-refractivity contribution in [3.63, 3.8) is 0 Å². The summed E-state index contributed by atoms with van der Waals surface area (Å²) in [5, 5.41) is 22.6. The number of aryl methyl sites for hydroxylation is 1. The van der Waals surface area contributed by atoms with Crippen LogP contribution in [0.1, 0.15) is 41.7 Å². The van der Waals surface area contributed by atoms with Crippen molar-refractivity contribution in [2.24, 2.45) is 23.7 Å². The highest BCUT2D eigenvalue weighted by Crippen LogP contribution is 2.49. The van der Waals surface area contributed by atoms with Gasteiger partial charge in [-0.3, -0.25) is 9.59 Å². The van der Waals surface area contributed by atoms with E-state index in [9.17, 15) is 20.0 Å². The Kier molecular flexibility index (Phi) is 4.12. The molecule has 1 aromatic rings. The first kappa shape index (κ1) is 16.3. The summed E-state index contributed by atoms with van der Waals surface area (Å²) in [6.07, 6.45) is 9.85. The van der Waals surface area contributed by atoms with Gasteiger partial charge in [-0.2, -0.15) is 5.26 Å². The molecule has 2 bridgehead atoms. The van der Waals surface area contributed by atoms with Crippen molar-refractivity contribution in [2.45, 2.75) is 38.5 Å². The highest BCUT2D eigenvalue weighted by molar-refractivity contribution is 7.16. The summed E-state index contributed by atoms with van der Waals surface area (Å²) in [5.74, 6) is -2.40. The molecule has 5 nitrogen and oxygen atoms in total. The van der Waals surface area contributed by atoms with E-state index in [4.69, 9.17) is 0 Å². The van der Waals surface area contributed by atoms with E-state index < -0.39 is 17.8 Å². The van der Waals surface area contributed by atoms with Crippen LogP contribution in [0.25, 0.3) is 0 Å². The lowest BCUT2D eigenvalue weighted by molar-refractivity contribution is -0.146. The monoisotopic (exact) mass is 356 g/mol. The van der Waals surface area contributed by atoms with Gasteiger partial charge in [-0.25, -0.2) is 0 Å². The molecule has 0 aliphatic heterocycles. The van der Waals surface area contributed by atoms with Crippen LogP contribution in [-0.4, -0.2) is 17.0 Å². The molecule has 3 aliphatic carbocycles. The van der Waals surface area contributed by atoms with Crippen LogP contribution in [-0.2, 0) is 22.4 Å². The largest absolute Gasteiger partial charge is 0.481 e. The maximum Gasteiger partial charge on any atom is 0.307 e. The molecule has 0 spiro atoms. The van der Waals surface area contributed by atoms with E-state index in [2.05, 4.69) is 11.4 Å². The minimum atomic E-state index is -0.903. The predicted molar refractivity (Wildman–Crippen MR) is 94.3 cm³/mol. The number of carboxylic acid groups (broad SMARTS) is 1. The number of allylic oxidation sites excluding steroid dienone is 2. The predicted octanol–water partition coefficient (Wildman–Crippen LogP) is 3.35. The molecule has 0 radical (unpaired) electrons. The number of fused-ring (bicyclic) bond motifs is 3. The molecule has 25 heavy (non-hydrogen) atoms. The summed E-state index contributed by atoms with van der Waals surface area (Å²) in [5.41, 5.74) is 1.67. The fourth-order valence-electron chi connectivity index (χ4n) is 4.66. The molecular formula is C19H20N2O3S. The lowest BCUT2D eigenvalue weighted by atomic mass is 9.82. The van der Waals surface area contributed by atoms with E-state index in [1.807, 2.05) is 12.2 Å². The Morgan fingerprint density at radius 1 is 1.16 bits per heavy atom. The molecule has 2 N–H and O–H groups in total. The average Bonchev–Trinajstić information content (AvgIpc) is 3.23. The molecule has 4 rings (SSSR count). The highest BCUT2D eigenvalue weighted by atomic mass is 32.1. The van der Waals surface area contributed by atoms with Crippen LogP contribution in [0.15, 0.2) is 12.2 Å². The molecule has 0 saturated heterocycles. The van der Waals surface area contributed by atoms with Gasteiger partial charge in [0.1, 0.15) is 11.1 Å². The standard InChI is InChI=1S/C19H20N2O3S/c20-9-13-12-4-2-1-3-5-14(12)25-18(13)21-17(22)15-10-6-7-11(8-10)16(15)19(23)24/h6-7,10-11,15-16H,1-5,8H2,(H,21,22)(H,23,24)/t10-,11-,15-,16-/m0/s1. The number of nitrogens with zero attached hydrogens (tertiary/aromatic N) is 1. The van der Waals surface area contributed by atoms with Gasteiger partial charge < -0.3 is 10.4 Å². The van der Waals surface area contributed by atoms with Crippen molar-refractivity contribution >= 4 is 28.2 Å². The minimum absolute atomic E-state index is 0.00516. The molecule has 1 fully saturated rings. The van der Waals surface area contributed by atoms with Gasteiger partial charge in [-0.05, 0) is 49.5 Å². The second-order valence-corrected chi connectivity index (χ2v) is 8.31. The van der Waals surface area contributed by atoms with E-state index in [0.717, 1.165) is 37.7 Å². The zero-order chi connectivity index (χ0) is 17.6. The van der Waals surface area contributed by atoms with Gasteiger partial charge in [-0.15, -0.1) is 11.3 Å². The third kappa shape index (κ3) is 2.67. The maximum atomic E-state index is 12.9. The molecule has 1 aromatic heterocycles. The van der Waals surface area contributed by atoms with Crippen molar-refractivity contribution in [1.29, 1.82) is 5.26 Å². The number of carbonyl (C=O) groups is 2. The van der Waals surface area contributed by atoms with Crippen LogP contribution in [0.3, 0.4) is 0 Å². The number of hydrogen-bond donors (Lipinski definition) is 2. The van der Waals surface area contributed by atoms with Crippen molar-refractivity contribution in [3.8, 4) is 6.07 Å². The van der Waals surface area contributed by atoms with Gasteiger partial charge in [-0.1, -0.05) is 18.6 Å². The van der Waals surface area contributed by atoms with E-state index in [1.165, 1.54) is 22.6 Å². The fraction of sp³-hybridized carbons (Fsp3) is 0.526. The second kappa shape index (κ2) is 6.30. The lowest BCUT2D eigenvalue weighted by Gasteiger charge is -2.23. The summed E-state index contributed by atoms with van der Waals surface area (Å²) >= 11 is 1.50. The number of carboxylic acids is 1. The summed E-state index contributed by atoms with van der Waals surface area (Å²) in [4.78, 5) is 25.7. The Labute approximate surface area is 150 Å². The van der Waals surface area contributed by atoms with Crippen molar-refractivity contribution < 1.29 is 14.7 Å². The quantitative estimate of drug-likeness (QED) is 0.642. The lowest BCUT2D eigenvalue weighted by Crippen LogP contribution is -2.36. The van der Waals surface area contributed by atoms with Crippen molar-refractivity contribution in [3.05, 3.63) is 28.2 Å². The number of thiophene rings is 1. The topological polar surface area (TPSA) is 90.2 Å². The number of nitriles is 1. The van der Waals surface area contributed by atoms with Gasteiger partial charge in [0.25, 0.3) is 0 Å². The first-order valence-electron chi connectivity index (χ1n) is 8.86. The van der Waals surface area contributed by atoms with E-state index in [1.54, 1.807) is 0 Å². The smallest absolute Gasteiger partial charge is 0.307 e. The molecule has 3 aliphatic rings. The first-order chi connectivity index (χ1) is 12.1. The third-order valence-electron chi connectivity index (χ3n) is 5.82. The Bertz CT molecular complexity index is 804. The highest BCUT2D eigenvalue weighted by Gasteiger charge is 2.51. The number of anilines is 1. The van der Waals surface area contributed by atoms with Crippen LogP contribution in [0, 0.1) is 35.0 Å². The molecule has 1 saturated carbocycles. The van der Waals surface area contributed by atoms with Crippen LogP contribution >= 0.6 is 11.3 Å². The van der Waals surface area contributed by atoms with E-state index >= 15 is 0 Å². The maximum absolute atomic E-state index is 12.9. The van der Waals surface area contributed by atoms with Gasteiger partial charge >= 0.3 is 5.97 Å².